The minimum atomic E-state index is -0.379. The molecule has 39 heavy (non-hydrogen) atoms. The second kappa shape index (κ2) is 11.7. The number of nitrogens with one attached hydrogen (secondary N) is 2. The van der Waals surface area contributed by atoms with Crippen LogP contribution in [0, 0.1) is 0 Å². The van der Waals surface area contributed by atoms with Crippen molar-refractivity contribution in [3.05, 3.63) is 102 Å². The van der Waals surface area contributed by atoms with Gasteiger partial charge in [0.25, 0.3) is 5.91 Å². The summed E-state index contributed by atoms with van der Waals surface area (Å²) in [5, 5.41) is 16.0. The van der Waals surface area contributed by atoms with Gasteiger partial charge in [-0.25, -0.2) is 9.97 Å². The molecule has 3 N–H and O–H groups in total. The third-order valence-electron chi connectivity index (χ3n) is 6.35. The van der Waals surface area contributed by atoms with Crippen LogP contribution in [0.3, 0.4) is 0 Å². The molecule has 5 rings (SSSR count). The molecule has 3 aromatic carbocycles. The molecule has 0 fully saturated rings. The lowest BCUT2D eigenvalue weighted by atomic mass is 10.1. The Hall–Kier alpha value is -4.89. The van der Waals surface area contributed by atoms with Gasteiger partial charge in [-0.15, -0.1) is 0 Å². The van der Waals surface area contributed by atoms with Crippen molar-refractivity contribution >= 4 is 23.2 Å². The van der Waals surface area contributed by atoms with Crippen LogP contribution < -0.4 is 20.1 Å². The molecule has 0 saturated carbocycles. The standard InChI is InChI=1S/C30H29N5O4/c1-38-26-13-10-22(17-27(26)39-2)25-18-28-31-14-15-35(28)30(34-25)33-23-11-8-21(9-12-23)29(37)32-24(19-36)16-20-6-4-3-5-7-20/h3-15,17-18,24,36H,16,19H2,1-2H3,(H,32,37)(H,33,34). The molecule has 9 nitrogen and oxygen atoms in total. The van der Waals surface area contributed by atoms with E-state index in [9.17, 15) is 9.90 Å². The number of amides is 1. The maximum Gasteiger partial charge on any atom is 0.251 e. The summed E-state index contributed by atoms with van der Waals surface area (Å²) < 4.78 is 12.7. The lowest BCUT2D eigenvalue weighted by molar-refractivity contribution is 0.0916. The molecule has 0 aliphatic heterocycles. The second-order valence-electron chi connectivity index (χ2n) is 8.94. The summed E-state index contributed by atoms with van der Waals surface area (Å²) in [4.78, 5) is 22.1. The Morgan fingerprint density at radius 3 is 2.46 bits per heavy atom. The first-order valence-corrected chi connectivity index (χ1v) is 12.5. The number of nitrogens with zero attached hydrogens (tertiary/aromatic N) is 3. The van der Waals surface area contributed by atoms with Crippen LogP contribution in [-0.4, -0.2) is 52.3 Å². The van der Waals surface area contributed by atoms with Gasteiger partial charge in [0.2, 0.25) is 5.95 Å². The van der Waals surface area contributed by atoms with E-state index in [1.807, 2.05) is 77.3 Å². The monoisotopic (exact) mass is 523 g/mol. The van der Waals surface area contributed by atoms with E-state index in [1.54, 1.807) is 32.5 Å². The van der Waals surface area contributed by atoms with E-state index >= 15 is 0 Å². The highest BCUT2D eigenvalue weighted by Gasteiger charge is 2.15. The molecule has 0 spiro atoms. The van der Waals surface area contributed by atoms with Crippen LogP contribution in [0.1, 0.15) is 15.9 Å². The fourth-order valence-corrected chi connectivity index (χ4v) is 4.32. The average molecular weight is 524 g/mol. The number of benzene rings is 3. The molecular formula is C30H29N5O4. The van der Waals surface area contributed by atoms with E-state index in [0.717, 1.165) is 22.5 Å². The molecule has 2 aromatic heterocycles. The molecule has 5 aromatic rings. The van der Waals surface area contributed by atoms with Gasteiger partial charge in [-0.1, -0.05) is 30.3 Å². The number of fused-ring (bicyclic) bond motifs is 1. The summed E-state index contributed by atoms with van der Waals surface area (Å²) in [6.45, 7) is -0.150. The molecular weight excluding hydrogens is 494 g/mol. The van der Waals surface area contributed by atoms with Crippen molar-refractivity contribution in [3.8, 4) is 22.8 Å². The Kier molecular flexibility index (Phi) is 7.70. The van der Waals surface area contributed by atoms with Gasteiger partial charge in [-0.05, 0) is 54.4 Å². The molecule has 0 saturated heterocycles. The molecule has 1 atom stereocenters. The SMILES string of the molecule is COc1ccc(-c2cc3nccn3c(Nc3ccc(C(=O)NC(CO)Cc4ccccc4)cc3)n2)cc1OC. The van der Waals surface area contributed by atoms with Crippen LogP contribution in [-0.2, 0) is 6.42 Å². The second-order valence-corrected chi connectivity index (χ2v) is 8.94. The van der Waals surface area contributed by atoms with E-state index in [0.29, 0.717) is 35.1 Å². The maximum atomic E-state index is 12.8. The predicted molar refractivity (Wildman–Crippen MR) is 150 cm³/mol. The molecule has 0 radical (unpaired) electrons. The largest absolute Gasteiger partial charge is 0.493 e. The van der Waals surface area contributed by atoms with Crippen molar-refractivity contribution < 1.29 is 19.4 Å². The fraction of sp³-hybridized carbons (Fsp3) is 0.167. The van der Waals surface area contributed by atoms with Crippen molar-refractivity contribution in [1.29, 1.82) is 0 Å². The van der Waals surface area contributed by atoms with Crippen molar-refractivity contribution in [3.63, 3.8) is 0 Å². The van der Waals surface area contributed by atoms with E-state index in [1.165, 1.54) is 0 Å². The Labute approximate surface area is 226 Å². The Bertz CT molecular complexity index is 1570. The van der Waals surface area contributed by atoms with E-state index in [4.69, 9.17) is 14.5 Å². The van der Waals surface area contributed by atoms with Crippen molar-refractivity contribution in [1.82, 2.24) is 19.7 Å². The topological polar surface area (TPSA) is 110 Å². The zero-order valence-electron chi connectivity index (χ0n) is 21.7. The summed E-state index contributed by atoms with van der Waals surface area (Å²) in [6, 6.07) is 24.0. The molecule has 1 amide bonds. The number of aromatic nitrogens is 3. The zero-order valence-corrected chi connectivity index (χ0v) is 21.7. The number of rotatable bonds is 10. The lowest BCUT2D eigenvalue weighted by Gasteiger charge is -2.17. The quantitative estimate of drug-likeness (QED) is 0.247. The van der Waals surface area contributed by atoms with Gasteiger partial charge in [0, 0.05) is 35.3 Å². The minimum absolute atomic E-state index is 0.150. The summed E-state index contributed by atoms with van der Waals surface area (Å²) in [6.07, 6.45) is 4.08. The molecule has 0 aliphatic carbocycles. The highest BCUT2D eigenvalue weighted by atomic mass is 16.5. The fourth-order valence-electron chi connectivity index (χ4n) is 4.32. The van der Waals surface area contributed by atoms with E-state index in [2.05, 4.69) is 15.6 Å². The summed E-state index contributed by atoms with van der Waals surface area (Å²) in [5.74, 6) is 1.56. The van der Waals surface area contributed by atoms with Crippen LogP contribution in [0.15, 0.2) is 91.3 Å². The summed E-state index contributed by atoms with van der Waals surface area (Å²) in [5.41, 5.74) is 4.57. The van der Waals surface area contributed by atoms with Gasteiger partial charge in [-0.3, -0.25) is 9.20 Å². The number of aliphatic hydroxyl groups excluding tert-OH is 1. The number of carbonyl (C=O) groups is 1. The third kappa shape index (κ3) is 5.83. The minimum Gasteiger partial charge on any atom is -0.493 e. The molecule has 0 aliphatic rings. The average Bonchev–Trinajstić information content (AvgIpc) is 3.46. The van der Waals surface area contributed by atoms with Crippen LogP contribution in [0.2, 0.25) is 0 Å². The first-order valence-electron chi connectivity index (χ1n) is 12.5. The number of carbonyl (C=O) groups excluding carboxylic acids is 1. The summed E-state index contributed by atoms with van der Waals surface area (Å²) >= 11 is 0. The zero-order chi connectivity index (χ0) is 27.2. The number of hydrogen-bond acceptors (Lipinski definition) is 7. The Balaban J connectivity index is 1.34. The number of methoxy groups -OCH3 is 2. The first-order chi connectivity index (χ1) is 19.1. The highest BCUT2D eigenvalue weighted by Crippen LogP contribution is 2.32. The van der Waals surface area contributed by atoms with Gasteiger partial charge >= 0.3 is 0 Å². The smallest absolute Gasteiger partial charge is 0.251 e. The number of ether oxygens (including phenoxy) is 2. The van der Waals surface area contributed by atoms with Gasteiger partial charge in [0.05, 0.1) is 32.6 Å². The highest BCUT2D eigenvalue weighted by molar-refractivity contribution is 5.94. The molecule has 0 bridgehead atoms. The third-order valence-corrected chi connectivity index (χ3v) is 6.35. The van der Waals surface area contributed by atoms with Crippen molar-refractivity contribution in [2.24, 2.45) is 0 Å². The first kappa shape index (κ1) is 25.7. The molecule has 1 unspecified atom stereocenters. The van der Waals surface area contributed by atoms with Crippen LogP contribution >= 0.6 is 0 Å². The van der Waals surface area contributed by atoms with Gasteiger partial charge in [0.15, 0.2) is 11.5 Å². The van der Waals surface area contributed by atoms with E-state index in [-0.39, 0.29) is 18.6 Å². The van der Waals surface area contributed by atoms with Crippen LogP contribution in [0.25, 0.3) is 16.9 Å². The number of aliphatic hydroxyl groups is 1. The normalized spacial score (nSPS) is 11.7. The maximum absolute atomic E-state index is 12.8. The molecule has 2 heterocycles. The number of imidazole rings is 1. The molecule has 198 valence electrons. The summed E-state index contributed by atoms with van der Waals surface area (Å²) in [7, 11) is 3.19. The number of hydrogen-bond donors (Lipinski definition) is 3. The van der Waals surface area contributed by atoms with Gasteiger partial charge in [-0.2, -0.15) is 0 Å². The Morgan fingerprint density at radius 2 is 1.74 bits per heavy atom. The number of anilines is 2. The van der Waals surface area contributed by atoms with Gasteiger partial charge in [0.1, 0.15) is 5.65 Å². The Morgan fingerprint density at radius 1 is 0.974 bits per heavy atom. The van der Waals surface area contributed by atoms with Crippen molar-refractivity contribution in [2.75, 3.05) is 26.1 Å². The van der Waals surface area contributed by atoms with Crippen LogP contribution in [0.5, 0.6) is 11.5 Å². The molecule has 9 heteroatoms. The lowest BCUT2D eigenvalue weighted by Crippen LogP contribution is -2.39. The van der Waals surface area contributed by atoms with Crippen molar-refractivity contribution in [2.45, 2.75) is 12.5 Å². The van der Waals surface area contributed by atoms with E-state index < -0.39 is 0 Å². The van der Waals surface area contributed by atoms with Crippen LogP contribution in [0.4, 0.5) is 11.6 Å². The predicted octanol–water partition coefficient (Wildman–Crippen LogP) is 4.49. The van der Waals surface area contributed by atoms with Gasteiger partial charge < -0.3 is 25.2 Å².